The van der Waals surface area contributed by atoms with Crippen molar-refractivity contribution in [2.75, 3.05) is 20.3 Å². The zero-order chi connectivity index (χ0) is 13.4. The molecule has 0 aliphatic carbocycles. The highest BCUT2D eigenvalue weighted by Gasteiger charge is 2.09. The van der Waals surface area contributed by atoms with E-state index in [1.54, 1.807) is 20.1 Å². The average molecular weight is 251 g/mol. The van der Waals surface area contributed by atoms with Crippen LogP contribution < -0.4 is 10.1 Å². The monoisotopic (exact) mass is 251 g/mol. The molecule has 5 nitrogen and oxygen atoms in total. The fraction of sp³-hybridized carbons (Fsp3) is 0.385. The smallest absolute Gasteiger partial charge is 0.325 e. The average Bonchev–Trinajstić information content (AvgIpc) is 2.37. The first-order valence-corrected chi connectivity index (χ1v) is 5.71. The number of amides is 1. The Kier molecular flexibility index (Phi) is 5.70. The van der Waals surface area contributed by atoms with Crippen LogP contribution in [0, 0.1) is 0 Å². The lowest BCUT2D eigenvalue weighted by atomic mass is 10.1. The number of para-hydroxylation sites is 1. The SMILES string of the molecule is CCOC(=O)CNC(=O)Cc1ccccc1OC. The Balaban J connectivity index is 2.47. The third-order valence-electron chi connectivity index (χ3n) is 2.28. The van der Waals surface area contributed by atoms with Crippen molar-refractivity contribution in [2.24, 2.45) is 0 Å². The molecule has 1 aromatic carbocycles. The van der Waals surface area contributed by atoms with E-state index in [4.69, 9.17) is 9.47 Å². The molecule has 1 aromatic rings. The summed E-state index contributed by atoms with van der Waals surface area (Å²) in [7, 11) is 1.55. The number of methoxy groups -OCH3 is 1. The number of carbonyl (C=O) groups excluding carboxylic acids is 2. The van der Waals surface area contributed by atoms with Crippen molar-refractivity contribution in [1.29, 1.82) is 0 Å². The van der Waals surface area contributed by atoms with Crippen molar-refractivity contribution in [3.63, 3.8) is 0 Å². The summed E-state index contributed by atoms with van der Waals surface area (Å²) in [6.07, 6.45) is 0.170. The zero-order valence-corrected chi connectivity index (χ0v) is 10.6. The Labute approximate surface area is 106 Å². The molecule has 0 unspecified atom stereocenters. The van der Waals surface area contributed by atoms with E-state index >= 15 is 0 Å². The third kappa shape index (κ3) is 4.45. The maximum absolute atomic E-state index is 11.6. The van der Waals surface area contributed by atoms with Crippen LogP contribution in [-0.2, 0) is 20.7 Å². The van der Waals surface area contributed by atoms with Crippen LogP contribution in [0.5, 0.6) is 5.75 Å². The van der Waals surface area contributed by atoms with Crippen LogP contribution in [0.25, 0.3) is 0 Å². The second kappa shape index (κ2) is 7.32. The van der Waals surface area contributed by atoms with E-state index in [9.17, 15) is 9.59 Å². The maximum Gasteiger partial charge on any atom is 0.325 e. The number of nitrogens with one attached hydrogen (secondary N) is 1. The Hall–Kier alpha value is -2.04. The van der Waals surface area contributed by atoms with Gasteiger partial charge >= 0.3 is 5.97 Å². The fourth-order valence-corrected chi connectivity index (χ4v) is 1.47. The van der Waals surface area contributed by atoms with Gasteiger partial charge in [0, 0.05) is 5.56 Å². The molecule has 98 valence electrons. The van der Waals surface area contributed by atoms with Gasteiger partial charge in [-0.15, -0.1) is 0 Å². The normalized spacial score (nSPS) is 9.67. The Morgan fingerprint density at radius 3 is 2.67 bits per heavy atom. The van der Waals surface area contributed by atoms with Gasteiger partial charge in [-0.05, 0) is 13.0 Å². The van der Waals surface area contributed by atoms with E-state index in [2.05, 4.69) is 5.32 Å². The van der Waals surface area contributed by atoms with Gasteiger partial charge in [0.1, 0.15) is 12.3 Å². The van der Waals surface area contributed by atoms with Crippen LogP contribution in [-0.4, -0.2) is 32.1 Å². The minimum Gasteiger partial charge on any atom is -0.496 e. The van der Waals surface area contributed by atoms with Crippen LogP contribution in [0.1, 0.15) is 12.5 Å². The highest BCUT2D eigenvalue weighted by atomic mass is 16.5. The van der Waals surface area contributed by atoms with E-state index in [1.807, 2.05) is 18.2 Å². The van der Waals surface area contributed by atoms with Gasteiger partial charge in [-0.2, -0.15) is 0 Å². The molecule has 18 heavy (non-hydrogen) atoms. The lowest BCUT2D eigenvalue weighted by molar-refractivity contribution is -0.143. The van der Waals surface area contributed by atoms with Gasteiger partial charge in [0.2, 0.25) is 5.91 Å². The summed E-state index contributed by atoms with van der Waals surface area (Å²) >= 11 is 0. The van der Waals surface area contributed by atoms with Gasteiger partial charge in [0.05, 0.1) is 20.1 Å². The predicted molar refractivity (Wildman–Crippen MR) is 66.3 cm³/mol. The van der Waals surface area contributed by atoms with Gasteiger partial charge in [0.15, 0.2) is 0 Å². The number of ether oxygens (including phenoxy) is 2. The molecule has 1 rings (SSSR count). The number of hydrogen-bond acceptors (Lipinski definition) is 4. The molecule has 0 radical (unpaired) electrons. The predicted octanol–water partition coefficient (Wildman–Crippen LogP) is 0.917. The molecule has 1 amide bonds. The molecule has 1 N–H and O–H groups in total. The van der Waals surface area contributed by atoms with Crippen LogP contribution >= 0.6 is 0 Å². The third-order valence-corrected chi connectivity index (χ3v) is 2.28. The zero-order valence-electron chi connectivity index (χ0n) is 10.6. The quantitative estimate of drug-likeness (QED) is 0.763. The summed E-state index contributed by atoms with van der Waals surface area (Å²) in [4.78, 5) is 22.7. The van der Waals surface area contributed by atoms with E-state index in [1.165, 1.54) is 0 Å². The van der Waals surface area contributed by atoms with Gasteiger partial charge in [-0.1, -0.05) is 18.2 Å². The standard InChI is InChI=1S/C13H17NO4/c1-3-18-13(16)9-14-12(15)8-10-6-4-5-7-11(10)17-2/h4-7H,3,8-9H2,1-2H3,(H,14,15). The number of esters is 1. The van der Waals surface area contributed by atoms with Crippen molar-refractivity contribution >= 4 is 11.9 Å². The van der Waals surface area contributed by atoms with Crippen LogP contribution in [0.3, 0.4) is 0 Å². The molecule has 0 saturated heterocycles. The van der Waals surface area contributed by atoms with Gasteiger partial charge in [-0.3, -0.25) is 9.59 Å². The molecule has 0 saturated carbocycles. The summed E-state index contributed by atoms with van der Waals surface area (Å²) < 4.78 is 9.85. The molecule has 5 heteroatoms. The first-order chi connectivity index (χ1) is 8.67. The molecule has 0 spiro atoms. The van der Waals surface area contributed by atoms with Crippen molar-refractivity contribution in [1.82, 2.24) is 5.32 Å². The fourth-order valence-electron chi connectivity index (χ4n) is 1.47. The number of rotatable bonds is 6. The summed E-state index contributed by atoms with van der Waals surface area (Å²) in [5.74, 6) is -0.0257. The van der Waals surface area contributed by atoms with Crippen molar-refractivity contribution < 1.29 is 19.1 Å². The summed E-state index contributed by atoms with van der Waals surface area (Å²) in [5.41, 5.74) is 0.779. The molecule has 0 heterocycles. The summed E-state index contributed by atoms with van der Waals surface area (Å²) in [6, 6.07) is 7.26. The van der Waals surface area contributed by atoms with Gasteiger partial charge in [-0.25, -0.2) is 0 Å². The highest BCUT2D eigenvalue weighted by Crippen LogP contribution is 2.17. The molecule has 0 aromatic heterocycles. The van der Waals surface area contributed by atoms with Crippen LogP contribution in [0.2, 0.25) is 0 Å². The van der Waals surface area contributed by atoms with Gasteiger partial charge < -0.3 is 14.8 Å². The number of hydrogen-bond donors (Lipinski definition) is 1. The van der Waals surface area contributed by atoms with Gasteiger partial charge in [0.25, 0.3) is 0 Å². The van der Waals surface area contributed by atoms with Crippen LogP contribution in [0.4, 0.5) is 0 Å². The topological polar surface area (TPSA) is 64.6 Å². The summed E-state index contributed by atoms with van der Waals surface area (Å²) in [5, 5.41) is 2.50. The highest BCUT2D eigenvalue weighted by molar-refractivity contribution is 5.83. The second-order valence-corrected chi connectivity index (χ2v) is 3.57. The molecule has 0 bridgehead atoms. The van der Waals surface area contributed by atoms with Crippen LogP contribution in [0.15, 0.2) is 24.3 Å². The lowest BCUT2D eigenvalue weighted by Crippen LogP contribution is -2.31. The Bertz CT molecular complexity index is 417. The molecule has 0 aliphatic heterocycles. The number of benzene rings is 1. The number of carbonyl (C=O) groups is 2. The summed E-state index contributed by atoms with van der Waals surface area (Å²) in [6.45, 7) is 1.91. The Morgan fingerprint density at radius 1 is 1.28 bits per heavy atom. The van der Waals surface area contributed by atoms with E-state index in [-0.39, 0.29) is 18.9 Å². The van der Waals surface area contributed by atoms with Crippen molar-refractivity contribution in [2.45, 2.75) is 13.3 Å². The molecule has 0 atom stereocenters. The first-order valence-electron chi connectivity index (χ1n) is 5.71. The van der Waals surface area contributed by atoms with E-state index in [0.29, 0.717) is 12.4 Å². The van der Waals surface area contributed by atoms with Crippen molar-refractivity contribution in [3.05, 3.63) is 29.8 Å². The maximum atomic E-state index is 11.6. The lowest BCUT2D eigenvalue weighted by Gasteiger charge is -2.08. The van der Waals surface area contributed by atoms with Crippen molar-refractivity contribution in [3.8, 4) is 5.75 Å². The molecule has 0 aliphatic rings. The molecule has 0 fully saturated rings. The minimum absolute atomic E-state index is 0.109. The second-order valence-electron chi connectivity index (χ2n) is 3.57. The first kappa shape index (κ1) is 14.0. The molecular weight excluding hydrogens is 234 g/mol. The molecular formula is C13H17NO4. The Morgan fingerprint density at radius 2 is 2.00 bits per heavy atom. The van der Waals surface area contributed by atoms with E-state index < -0.39 is 5.97 Å². The minimum atomic E-state index is -0.439. The van der Waals surface area contributed by atoms with E-state index in [0.717, 1.165) is 5.56 Å². The largest absolute Gasteiger partial charge is 0.496 e.